The van der Waals surface area contributed by atoms with Crippen molar-refractivity contribution in [2.45, 2.75) is 44.6 Å². The Bertz CT molecular complexity index is 470. The molecular formula is C16H22N2O2. The number of amides is 1. The molecule has 20 heavy (non-hydrogen) atoms. The molecule has 1 saturated heterocycles. The first kappa shape index (κ1) is 13.4. The van der Waals surface area contributed by atoms with Crippen molar-refractivity contribution in [3.05, 3.63) is 23.9 Å². The highest BCUT2D eigenvalue weighted by atomic mass is 16.5. The fourth-order valence-electron chi connectivity index (χ4n) is 3.67. The zero-order valence-corrected chi connectivity index (χ0v) is 12.0. The van der Waals surface area contributed by atoms with E-state index in [4.69, 9.17) is 4.74 Å². The highest BCUT2D eigenvalue weighted by molar-refractivity contribution is 5.94. The van der Waals surface area contributed by atoms with Gasteiger partial charge in [0.05, 0.1) is 12.7 Å². The quantitative estimate of drug-likeness (QED) is 0.832. The van der Waals surface area contributed by atoms with Crippen LogP contribution in [0.15, 0.2) is 18.3 Å². The number of likely N-dealkylation sites (tertiary alicyclic amines) is 1. The monoisotopic (exact) mass is 274 g/mol. The van der Waals surface area contributed by atoms with Crippen LogP contribution in [0.1, 0.15) is 48.9 Å². The SMILES string of the molecule is COc1ccc(C(=O)N2CCCC3CCCCC32)cn1. The molecule has 0 radical (unpaired) electrons. The Morgan fingerprint density at radius 2 is 2.05 bits per heavy atom. The van der Waals surface area contributed by atoms with Gasteiger partial charge in [-0.2, -0.15) is 0 Å². The van der Waals surface area contributed by atoms with Crippen molar-refractivity contribution in [3.63, 3.8) is 0 Å². The van der Waals surface area contributed by atoms with Crippen molar-refractivity contribution in [2.75, 3.05) is 13.7 Å². The zero-order valence-electron chi connectivity index (χ0n) is 12.0. The summed E-state index contributed by atoms with van der Waals surface area (Å²) in [5.41, 5.74) is 0.678. The van der Waals surface area contributed by atoms with E-state index < -0.39 is 0 Å². The predicted molar refractivity (Wildman–Crippen MR) is 76.8 cm³/mol. The van der Waals surface area contributed by atoms with Crippen molar-refractivity contribution in [2.24, 2.45) is 5.92 Å². The van der Waals surface area contributed by atoms with E-state index in [1.54, 1.807) is 19.4 Å². The smallest absolute Gasteiger partial charge is 0.255 e. The van der Waals surface area contributed by atoms with E-state index >= 15 is 0 Å². The van der Waals surface area contributed by atoms with Gasteiger partial charge in [0.1, 0.15) is 0 Å². The minimum Gasteiger partial charge on any atom is -0.481 e. The van der Waals surface area contributed by atoms with Gasteiger partial charge in [-0.3, -0.25) is 4.79 Å². The molecule has 0 N–H and O–H groups in total. The van der Waals surface area contributed by atoms with Gasteiger partial charge in [0.15, 0.2) is 0 Å². The van der Waals surface area contributed by atoms with Crippen LogP contribution in [-0.4, -0.2) is 35.5 Å². The van der Waals surface area contributed by atoms with E-state index in [1.165, 1.54) is 32.1 Å². The van der Waals surface area contributed by atoms with Crippen LogP contribution in [0.25, 0.3) is 0 Å². The lowest BCUT2D eigenvalue weighted by atomic mass is 9.78. The molecule has 2 heterocycles. The van der Waals surface area contributed by atoms with Gasteiger partial charge < -0.3 is 9.64 Å². The molecular weight excluding hydrogens is 252 g/mol. The lowest BCUT2D eigenvalue weighted by Gasteiger charge is -2.44. The van der Waals surface area contributed by atoms with E-state index in [9.17, 15) is 4.79 Å². The normalized spacial score (nSPS) is 25.9. The number of hydrogen-bond donors (Lipinski definition) is 0. The summed E-state index contributed by atoms with van der Waals surface area (Å²) in [5.74, 6) is 1.40. The Labute approximate surface area is 120 Å². The molecule has 1 amide bonds. The number of rotatable bonds is 2. The lowest BCUT2D eigenvalue weighted by molar-refractivity contribution is 0.0390. The number of carbonyl (C=O) groups excluding carboxylic acids is 1. The van der Waals surface area contributed by atoms with Crippen molar-refractivity contribution >= 4 is 5.91 Å². The first-order valence-electron chi connectivity index (χ1n) is 7.60. The number of aromatic nitrogens is 1. The van der Waals surface area contributed by atoms with E-state index in [0.717, 1.165) is 13.0 Å². The molecule has 2 atom stereocenters. The van der Waals surface area contributed by atoms with E-state index in [-0.39, 0.29) is 5.91 Å². The Hall–Kier alpha value is -1.58. The number of carbonyl (C=O) groups is 1. The summed E-state index contributed by atoms with van der Waals surface area (Å²) >= 11 is 0. The zero-order chi connectivity index (χ0) is 13.9. The molecule has 0 aromatic carbocycles. The first-order chi connectivity index (χ1) is 9.79. The molecule has 2 aliphatic rings. The van der Waals surface area contributed by atoms with Crippen LogP contribution < -0.4 is 4.74 Å². The fraction of sp³-hybridized carbons (Fsp3) is 0.625. The van der Waals surface area contributed by atoms with E-state index in [0.29, 0.717) is 23.4 Å². The first-order valence-corrected chi connectivity index (χ1v) is 7.60. The average molecular weight is 274 g/mol. The molecule has 2 unspecified atom stereocenters. The van der Waals surface area contributed by atoms with Gasteiger partial charge in [-0.25, -0.2) is 4.98 Å². The summed E-state index contributed by atoms with van der Waals surface area (Å²) in [5, 5.41) is 0. The highest BCUT2D eigenvalue weighted by Gasteiger charge is 2.35. The lowest BCUT2D eigenvalue weighted by Crippen LogP contribution is -2.49. The number of fused-ring (bicyclic) bond motifs is 1. The maximum Gasteiger partial charge on any atom is 0.255 e. The summed E-state index contributed by atoms with van der Waals surface area (Å²) in [6.07, 6.45) is 9.09. The molecule has 1 aromatic rings. The number of ether oxygens (including phenoxy) is 1. The molecule has 4 nitrogen and oxygen atoms in total. The largest absolute Gasteiger partial charge is 0.481 e. The summed E-state index contributed by atoms with van der Waals surface area (Å²) in [6, 6.07) is 4.03. The number of pyridine rings is 1. The fourth-order valence-corrected chi connectivity index (χ4v) is 3.67. The molecule has 3 rings (SSSR count). The van der Waals surface area contributed by atoms with Gasteiger partial charge in [-0.05, 0) is 37.7 Å². The molecule has 4 heteroatoms. The van der Waals surface area contributed by atoms with E-state index in [1.807, 2.05) is 6.07 Å². The Morgan fingerprint density at radius 3 is 2.80 bits per heavy atom. The van der Waals surface area contributed by atoms with Crippen molar-refractivity contribution < 1.29 is 9.53 Å². The molecule has 1 aliphatic carbocycles. The van der Waals surface area contributed by atoms with Gasteiger partial charge in [0.2, 0.25) is 5.88 Å². The second kappa shape index (κ2) is 5.81. The summed E-state index contributed by atoms with van der Waals surface area (Å²) in [6.45, 7) is 0.895. The third-order valence-corrected chi connectivity index (χ3v) is 4.70. The third kappa shape index (κ3) is 2.51. The average Bonchev–Trinajstić information content (AvgIpc) is 2.54. The second-order valence-electron chi connectivity index (χ2n) is 5.84. The molecule has 1 aliphatic heterocycles. The number of piperidine rings is 1. The van der Waals surface area contributed by atoms with Crippen molar-refractivity contribution in [1.82, 2.24) is 9.88 Å². The van der Waals surface area contributed by atoms with Crippen LogP contribution in [0, 0.1) is 5.92 Å². The molecule has 1 saturated carbocycles. The maximum atomic E-state index is 12.7. The molecule has 1 aromatic heterocycles. The summed E-state index contributed by atoms with van der Waals surface area (Å²) < 4.78 is 5.04. The minimum absolute atomic E-state index is 0.136. The van der Waals surface area contributed by atoms with Crippen LogP contribution in [0.3, 0.4) is 0 Å². The van der Waals surface area contributed by atoms with Crippen LogP contribution in [0.5, 0.6) is 5.88 Å². The van der Waals surface area contributed by atoms with Gasteiger partial charge in [0, 0.05) is 24.8 Å². The second-order valence-corrected chi connectivity index (χ2v) is 5.84. The highest BCUT2D eigenvalue weighted by Crippen LogP contribution is 2.35. The van der Waals surface area contributed by atoms with Crippen molar-refractivity contribution in [3.8, 4) is 5.88 Å². The van der Waals surface area contributed by atoms with E-state index in [2.05, 4.69) is 9.88 Å². The molecule has 0 spiro atoms. The van der Waals surface area contributed by atoms with Crippen LogP contribution in [0.2, 0.25) is 0 Å². The maximum absolute atomic E-state index is 12.7. The number of methoxy groups -OCH3 is 1. The van der Waals surface area contributed by atoms with Gasteiger partial charge in [-0.1, -0.05) is 12.8 Å². The molecule has 0 bridgehead atoms. The minimum atomic E-state index is 0.136. The molecule has 2 fully saturated rings. The Balaban J connectivity index is 1.77. The van der Waals surface area contributed by atoms with Crippen LogP contribution in [-0.2, 0) is 0 Å². The number of nitrogens with zero attached hydrogens (tertiary/aromatic N) is 2. The third-order valence-electron chi connectivity index (χ3n) is 4.70. The Kier molecular flexibility index (Phi) is 3.90. The molecule has 108 valence electrons. The summed E-state index contributed by atoms with van der Waals surface area (Å²) in [4.78, 5) is 18.9. The van der Waals surface area contributed by atoms with Crippen molar-refractivity contribution in [1.29, 1.82) is 0 Å². The van der Waals surface area contributed by atoms with Crippen LogP contribution >= 0.6 is 0 Å². The Morgan fingerprint density at radius 1 is 1.25 bits per heavy atom. The van der Waals surface area contributed by atoms with Gasteiger partial charge in [0.25, 0.3) is 5.91 Å². The van der Waals surface area contributed by atoms with Crippen LogP contribution in [0.4, 0.5) is 0 Å². The van der Waals surface area contributed by atoms with Gasteiger partial charge >= 0.3 is 0 Å². The topological polar surface area (TPSA) is 42.4 Å². The standard InChI is InChI=1S/C16H22N2O2/c1-20-15-9-8-13(11-17-15)16(19)18-10-4-6-12-5-2-3-7-14(12)18/h8-9,11-12,14H,2-7,10H2,1H3. The van der Waals surface area contributed by atoms with Gasteiger partial charge in [-0.15, -0.1) is 0 Å². The predicted octanol–water partition coefficient (Wildman–Crippen LogP) is 2.89. The summed E-state index contributed by atoms with van der Waals surface area (Å²) in [7, 11) is 1.58. The number of hydrogen-bond acceptors (Lipinski definition) is 3.